The van der Waals surface area contributed by atoms with Gasteiger partial charge in [-0.05, 0) is 53.9 Å². The number of nitrogens with one attached hydrogen (secondary N) is 2. The van der Waals surface area contributed by atoms with Gasteiger partial charge >= 0.3 is 12.6 Å². The first-order valence-electron chi connectivity index (χ1n) is 8.87. The van der Waals surface area contributed by atoms with Crippen LogP contribution in [0.5, 0.6) is 5.75 Å². The SMILES string of the molecule is O=C(COC(=O)c1cccc(NC(=O)c2cccs2)c1)Nc1ccc(OC(F)F)cc1. The van der Waals surface area contributed by atoms with Gasteiger partial charge in [0.05, 0.1) is 10.4 Å². The van der Waals surface area contributed by atoms with Crippen LogP contribution in [-0.2, 0) is 9.53 Å². The number of rotatable bonds is 8. The summed E-state index contributed by atoms with van der Waals surface area (Å²) in [6.07, 6.45) is 0. The van der Waals surface area contributed by atoms with Crippen LogP contribution in [0, 0.1) is 0 Å². The zero-order chi connectivity index (χ0) is 22.2. The zero-order valence-corrected chi connectivity index (χ0v) is 16.7. The number of carbonyl (C=O) groups is 3. The Morgan fingerprint density at radius 1 is 0.935 bits per heavy atom. The van der Waals surface area contributed by atoms with Crippen molar-refractivity contribution in [3.05, 3.63) is 76.5 Å². The highest BCUT2D eigenvalue weighted by atomic mass is 32.1. The van der Waals surface area contributed by atoms with Crippen LogP contribution < -0.4 is 15.4 Å². The van der Waals surface area contributed by atoms with Gasteiger partial charge in [0, 0.05) is 11.4 Å². The molecule has 2 amide bonds. The normalized spacial score (nSPS) is 10.4. The van der Waals surface area contributed by atoms with Crippen molar-refractivity contribution in [3.63, 3.8) is 0 Å². The van der Waals surface area contributed by atoms with Gasteiger partial charge in [-0.25, -0.2) is 4.79 Å². The smallest absolute Gasteiger partial charge is 0.387 e. The van der Waals surface area contributed by atoms with E-state index in [-0.39, 0.29) is 17.2 Å². The van der Waals surface area contributed by atoms with E-state index in [1.54, 1.807) is 29.6 Å². The Hall–Kier alpha value is -3.79. The molecule has 0 radical (unpaired) electrons. The minimum Gasteiger partial charge on any atom is -0.452 e. The van der Waals surface area contributed by atoms with Crippen molar-refractivity contribution in [1.29, 1.82) is 0 Å². The zero-order valence-electron chi connectivity index (χ0n) is 15.8. The summed E-state index contributed by atoms with van der Waals surface area (Å²) < 4.78 is 33.5. The number of benzene rings is 2. The first-order chi connectivity index (χ1) is 14.9. The predicted octanol–water partition coefficient (Wildman–Crippen LogP) is 4.40. The second-order valence-corrected chi connectivity index (χ2v) is 6.99. The van der Waals surface area contributed by atoms with Crippen LogP contribution in [0.2, 0.25) is 0 Å². The number of amides is 2. The number of hydrogen-bond acceptors (Lipinski definition) is 6. The van der Waals surface area contributed by atoms with Crippen LogP contribution in [0.3, 0.4) is 0 Å². The molecule has 2 N–H and O–H groups in total. The van der Waals surface area contributed by atoms with Crippen molar-refractivity contribution in [2.75, 3.05) is 17.2 Å². The molecule has 0 atom stereocenters. The van der Waals surface area contributed by atoms with E-state index in [9.17, 15) is 23.2 Å². The van der Waals surface area contributed by atoms with Gasteiger partial charge in [0.2, 0.25) is 0 Å². The third kappa shape index (κ3) is 6.61. The fraction of sp³-hybridized carbons (Fsp3) is 0.0952. The molecule has 0 saturated heterocycles. The monoisotopic (exact) mass is 446 g/mol. The quantitative estimate of drug-likeness (QED) is 0.501. The van der Waals surface area contributed by atoms with Crippen LogP contribution in [-0.4, -0.2) is 31.0 Å². The number of thiophene rings is 1. The van der Waals surface area contributed by atoms with Crippen molar-refractivity contribution in [1.82, 2.24) is 0 Å². The second-order valence-electron chi connectivity index (χ2n) is 6.04. The lowest BCUT2D eigenvalue weighted by Crippen LogP contribution is -2.21. The highest BCUT2D eigenvalue weighted by Crippen LogP contribution is 2.18. The lowest BCUT2D eigenvalue weighted by molar-refractivity contribution is -0.119. The molecule has 0 aliphatic rings. The molecule has 160 valence electrons. The third-order valence-corrected chi connectivity index (χ3v) is 4.67. The molecule has 0 spiro atoms. The second kappa shape index (κ2) is 10.3. The number of esters is 1. The molecule has 10 heteroatoms. The van der Waals surface area contributed by atoms with E-state index in [0.29, 0.717) is 16.3 Å². The summed E-state index contributed by atoms with van der Waals surface area (Å²) in [5, 5.41) is 6.93. The van der Waals surface area contributed by atoms with Gasteiger partial charge < -0.3 is 20.1 Å². The number of ether oxygens (including phenoxy) is 2. The molecule has 1 aromatic heterocycles. The molecule has 3 rings (SSSR count). The number of hydrogen-bond donors (Lipinski definition) is 2. The Morgan fingerprint density at radius 3 is 2.39 bits per heavy atom. The maximum Gasteiger partial charge on any atom is 0.387 e. The van der Waals surface area contributed by atoms with E-state index in [4.69, 9.17) is 4.74 Å². The minimum absolute atomic E-state index is 0.0505. The molecule has 0 bridgehead atoms. The number of carbonyl (C=O) groups excluding carboxylic acids is 3. The largest absolute Gasteiger partial charge is 0.452 e. The first-order valence-corrected chi connectivity index (χ1v) is 9.75. The van der Waals surface area contributed by atoms with E-state index in [1.165, 1.54) is 47.7 Å². The van der Waals surface area contributed by atoms with E-state index < -0.39 is 25.1 Å². The molecule has 0 fully saturated rings. The molecule has 2 aromatic carbocycles. The highest BCUT2D eigenvalue weighted by Gasteiger charge is 2.13. The third-order valence-electron chi connectivity index (χ3n) is 3.80. The van der Waals surface area contributed by atoms with Crippen LogP contribution in [0.1, 0.15) is 20.0 Å². The van der Waals surface area contributed by atoms with Gasteiger partial charge in [0.1, 0.15) is 5.75 Å². The number of halogens is 2. The Balaban J connectivity index is 1.51. The van der Waals surface area contributed by atoms with Crippen molar-refractivity contribution >= 4 is 40.5 Å². The fourth-order valence-corrected chi connectivity index (χ4v) is 3.07. The van der Waals surface area contributed by atoms with E-state index in [1.807, 2.05) is 0 Å². The lowest BCUT2D eigenvalue weighted by atomic mass is 10.2. The van der Waals surface area contributed by atoms with Crippen LogP contribution in [0.25, 0.3) is 0 Å². The van der Waals surface area contributed by atoms with Gasteiger partial charge in [0.25, 0.3) is 11.8 Å². The fourth-order valence-electron chi connectivity index (χ4n) is 2.46. The summed E-state index contributed by atoms with van der Waals surface area (Å²) >= 11 is 1.29. The molecular formula is C21H16F2N2O5S. The van der Waals surface area contributed by atoms with E-state index >= 15 is 0 Å². The van der Waals surface area contributed by atoms with Gasteiger partial charge in [-0.15, -0.1) is 11.3 Å². The molecule has 31 heavy (non-hydrogen) atoms. The Morgan fingerprint density at radius 2 is 1.71 bits per heavy atom. The van der Waals surface area contributed by atoms with Crippen molar-refractivity contribution in [3.8, 4) is 5.75 Å². The van der Waals surface area contributed by atoms with Crippen LogP contribution in [0.15, 0.2) is 66.0 Å². The average Bonchev–Trinajstić information content (AvgIpc) is 3.28. The maximum absolute atomic E-state index is 12.2. The molecule has 0 aliphatic carbocycles. The van der Waals surface area contributed by atoms with E-state index in [2.05, 4.69) is 15.4 Å². The standard InChI is InChI=1S/C21H16F2N2O5S/c22-21(23)30-16-8-6-14(7-9-16)24-18(26)12-29-20(28)13-3-1-4-15(11-13)25-19(27)17-5-2-10-31-17/h1-11,21H,12H2,(H,24,26)(H,25,27). The molecule has 0 saturated carbocycles. The first kappa shape index (κ1) is 21.9. The van der Waals surface area contributed by atoms with E-state index in [0.717, 1.165) is 0 Å². The van der Waals surface area contributed by atoms with Gasteiger partial charge in [0.15, 0.2) is 6.61 Å². The Bertz CT molecular complexity index is 1060. The Kier molecular flexibility index (Phi) is 7.28. The summed E-state index contributed by atoms with van der Waals surface area (Å²) in [5.41, 5.74) is 0.884. The Labute approximate surface area is 179 Å². The molecule has 3 aromatic rings. The van der Waals surface area contributed by atoms with Gasteiger partial charge in [-0.1, -0.05) is 12.1 Å². The number of anilines is 2. The highest BCUT2D eigenvalue weighted by molar-refractivity contribution is 7.12. The molecule has 0 aliphatic heterocycles. The van der Waals surface area contributed by atoms with Crippen LogP contribution >= 0.6 is 11.3 Å². The van der Waals surface area contributed by atoms with Crippen molar-refractivity contribution in [2.45, 2.75) is 6.61 Å². The van der Waals surface area contributed by atoms with Crippen molar-refractivity contribution in [2.24, 2.45) is 0 Å². The maximum atomic E-state index is 12.2. The van der Waals surface area contributed by atoms with Crippen LogP contribution in [0.4, 0.5) is 20.2 Å². The number of alkyl halides is 2. The minimum atomic E-state index is -2.94. The van der Waals surface area contributed by atoms with Gasteiger partial charge in [-0.3, -0.25) is 9.59 Å². The summed E-state index contributed by atoms with van der Waals surface area (Å²) in [6, 6.07) is 14.8. The molecule has 1 heterocycles. The topological polar surface area (TPSA) is 93.7 Å². The summed E-state index contributed by atoms with van der Waals surface area (Å²) in [7, 11) is 0. The van der Waals surface area contributed by atoms with Gasteiger partial charge in [-0.2, -0.15) is 8.78 Å². The average molecular weight is 446 g/mol. The molecule has 7 nitrogen and oxygen atoms in total. The molecular weight excluding hydrogens is 430 g/mol. The molecule has 0 unspecified atom stereocenters. The summed E-state index contributed by atoms with van der Waals surface area (Å²) in [6.45, 7) is -3.50. The predicted molar refractivity (Wildman–Crippen MR) is 111 cm³/mol. The van der Waals surface area contributed by atoms with Crippen molar-refractivity contribution < 1.29 is 32.6 Å². The lowest BCUT2D eigenvalue weighted by Gasteiger charge is -2.09. The summed E-state index contributed by atoms with van der Waals surface area (Å²) in [4.78, 5) is 36.8. The summed E-state index contributed by atoms with van der Waals surface area (Å²) in [5.74, 6) is -1.71.